The van der Waals surface area contributed by atoms with Crippen LogP contribution in [-0.2, 0) is 10.0 Å². The molecule has 0 fully saturated rings. The molecule has 2 aromatic rings. The molecule has 0 saturated carbocycles. The molecular formula is C25H25NO3S. The lowest BCUT2D eigenvalue weighted by atomic mass is 9.79. The van der Waals surface area contributed by atoms with Crippen LogP contribution in [0.3, 0.4) is 0 Å². The molecule has 0 amide bonds. The van der Waals surface area contributed by atoms with Crippen LogP contribution in [0.2, 0.25) is 0 Å². The molecule has 4 nitrogen and oxygen atoms in total. The Morgan fingerprint density at radius 1 is 1.03 bits per heavy atom. The lowest BCUT2D eigenvalue weighted by Crippen LogP contribution is -2.43. The zero-order valence-corrected chi connectivity index (χ0v) is 17.7. The molecule has 154 valence electrons. The molecule has 0 spiro atoms. The standard InChI is InChI=1S/C25H25NO3S/c1-3-19-13-16-22(24(19)25(27)20-8-5-4-6-9-20)23-10-7-17-26(23)30(28,29)21-14-11-18(2)12-15-21/h3-16,19,22-24H,1,17H2,2H3/t19-,22-,23+,24+/m0/s1. The second-order valence-corrected chi connectivity index (χ2v) is 9.73. The second kappa shape index (κ2) is 8.17. The maximum Gasteiger partial charge on any atom is 0.243 e. The molecule has 0 radical (unpaired) electrons. The van der Waals surface area contributed by atoms with E-state index in [1.165, 1.54) is 4.31 Å². The molecule has 0 unspecified atom stereocenters. The zero-order valence-electron chi connectivity index (χ0n) is 16.9. The molecule has 1 aliphatic heterocycles. The number of sulfonamides is 1. The van der Waals surface area contributed by atoms with E-state index in [2.05, 4.69) is 6.58 Å². The van der Waals surface area contributed by atoms with E-state index in [1.54, 1.807) is 30.3 Å². The van der Waals surface area contributed by atoms with Crippen LogP contribution in [0.15, 0.2) is 96.5 Å². The van der Waals surface area contributed by atoms with Crippen molar-refractivity contribution in [1.29, 1.82) is 0 Å². The van der Waals surface area contributed by atoms with Gasteiger partial charge in [0.15, 0.2) is 5.78 Å². The normalized spacial score (nSPS) is 26.2. The number of hydrogen-bond donors (Lipinski definition) is 0. The van der Waals surface area contributed by atoms with Gasteiger partial charge in [-0.05, 0) is 19.1 Å². The van der Waals surface area contributed by atoms with E-state index in [9.17, 15) is 13.2 Å². The van der Waals surface area contributed by atoms with Crippen LogP contribution < -0.4 is 0 Å². The highest BCUT2D eigenvalue weighted by atomic mass is 32.2. The van der Waals surface area contributed by atoms with Crippen molar-refractivity contribution in [3.05, 3.63) is 103 Å². The van der Waals surface area contributed by atoms with Gasteiger partial charge in [-0.25, -0.2) is 8.42 Å². The van der Waals surface area contributed by atoms with E-state index in [1.807, 2.05) is 61.6 Å². The molecule has 0 bridgehead atoms. The lowest BCUT2D eigenvalue weighted by molar-refractivity contribution is 0.0857. The Balaban J connectivity index is 1.68. The zero-order chi connectivity index (χ0) is 21.3. The van der Waals surface area contributed by atoms with Crippen LogP contribution in [0.25, 0.3) is 0 Å². The van der Waals surface area contributed by atoms with Gasteiger partial charge < -0.3 is 0 Å². The number of allylic oxidation sites excluding steroid dienone is 2. The number of aryl methyl sites for hydroxylation is 1. The lowest BCUT2D eigenvalue weighted by Gasteiger charge is -2.32. The van der Waals surface area contributed by atoms with Gasteiger partial charge in [-0.15, -0.1) is 6.58 Å². The third-order valence-corrected chi connectivity index (χ3v) is 7.87. The summed E-state index contributed by atoms with van der Waals surface area (Å²) in [5.41, 5.74) is 1.64. The average Bonchev–Trinajstić information content (AvgIpc) is 3.41. The molecule has 0 N–H and O–H groups in total. The van der Waals surface area contributed by atoms with Crippen LogP contribution in [0.5, 0.6) is 0 Å². The topological polar surface area (TPSA) is 54.5 Å². The van der Waals surface area contributed by atoms with Gasteiger partial charge >= 0.3 is 0 Å². The molecule has 30 heavy (non-hydrogen) atoms. The Kier molecular flexibility index (Phi) is 5.58. The summed E-state index contributed by atoms with van der Waals surface area (Å²) in [6.45, 7) is 6.13. The fraction of sp³-hybridized carbons (Fsp3) is 0.240. The fourth-order valence-corrected chi connectivity index (χ4v) is 5.96. The molecule has 5 heteroatoms. The average molecular weight is 420 g/mol. The monoisotopic (exact) mass is 419 g/mol. The van der Waals surface area contributed by atoms with Gasteiger partial charge in [0.25, 0.3) is 0 Å². The summed E-state index contributed by atoms with van der Waals surface area (Å²) < 4.78 is 28.2. The van der Waals surface area contributed by atoms with E-state index in [0.717, 1.165) is 5.56 Å². The van der Waals surface area contributed by atoms with Crippen LogP contribution in [-0.4, -0.2) is 31.1 Å². The van der Waals surface area contributed by atoms with E-state index >= 15 is 0 Å². The van der Waals surface area contributed by atoms with Crippen LogP contribution >= 0.6 is 0 Å². The highest BCUT2D eigenvalue weighted by molar-refractivity contribution is 7.89. The minimum Gasteiger partial charge on any atom is -0.294 e. The molecule has 2 aromatic carbocycles. The second-order valence-electron chi connectivity index (χ2n) is 7.84. The Labute approximate surface area is 178 Å². The van der Waals surface area contributed by atoms with Gasteiger partial charge in [-0.2, -0.15) is 4.31 Å². The molecule has 0 aromatic heterocycles. The Morgan fingerprint density at radius 2 is 1.73 bits per heavy atom. The summed E-state index contributed by atoms with van der Waals surface area (Å²) >= 11 is 0. The highest BCUT2D eigenvalue weighted by Crippen LogP contribution is 2.40. The van der Waals surface area contributed by atoms with Crippen LogP contribution in [0.1, 0.15) is 15.9 Å². The van der Waals surface area contributed by atoms with Gasteiger partial charge in [-0.1, -0.05) is 78.4 Å². The summed E-state index contributed by atoms with van der Waals surface area (Å²) in [7, 11) is -3.68. The third kappa shape index (κ3) is 3.59. The van der Waals surface area contributed by atoms with Gasteiger partial charge in [0.2, 0.25) is 10.0 Å². The first-order valence-corrected chi connectivity index (χ1v) is 11.5. The predicted molar refractivity (Wildman–Crippen MR) is 119 cm³/mol. The van der Waals surface area contributed by atoms with Gasteiger partial charge in [0.05, 0.1) is 10.9 Å². The summed E-state index contributed by atoms with van der Waals surface area (Å²) in [6.07, 6.45) is 9.52. The molecule has 0 saturated heterocycles. The summed E-state index contributed by atoms with van der Waals surface area (Å²) in [5.74, 6) is -0.739. The quantitative estimate of drug-likeness (QED) is 0.515. The van der Waals surface area contributed by atoms with E-state index in [4.69, 9.17) is 0 Å². The Hall–Kier alpha value is -2.76. The predicted octanol–water partition coefficient (Wildman–Crippen LogP) is 4.41. The van der Waals surface area contributed by atoms with Crippen molar-refractivity contribution in [2.24, 2.45) is 17.8 Å². The van der Waals surface area contributed by atoms with Gasteiger partial charge in [-0.3, -0.25) is 4.79 Å². The number of benzene rings is 2. The number of hydrogen-bond acceptors (Lipinski definition) is 3. The number of ketones is 1. The largest absolute Gasteiger partial charge is 0.294 e. The van der Waals surface area contributed by atoms with Crippen molar-refractivity contribution in [3.8, 4) is 0 Å². The minimum atomic E-state index is -3.68. The maximum absolute atomic E-state index is 13.4. The van der Waals surface area contributed by atoms with Crippen molar-refractivity contribution >= 4 is 15.8 Å². The van der Waals surface area contributed by atoms with Crippen molar-refractivity contribution in [2.75, 3.05) is 6.54 Å². The number of rotatable bonds is 6. The van der Waals surface area contributed by atoms with Crippen LogP contribution in [0.4, 0.5) is 0 Å². The highest BCUT2D eigenvalue weighted by Gasteiger charge is 2.45. The van der Waals surface area contributed by atoms with Crippen molar-refractivity contribution < 1.29 is 13.2 Å². The third-order valence-electron chi connectivity index (χ3n) is 5.99. The molecule has 2 aliphatic rings. The Morgan fingerprint density at radius 3 is 2.40 bits per heavy atom. The van der Waals surface area contributed by atoms with E-state index in [0.29, 0.717) is 12.1 Å². The smallest absolute Gasteiger partial charge is 0.243 e. The number of carbonyl (C=O) groups excluding carboxylic acids is 1. The number of Topliss-reactive ketones (excluding diaryl/α,β-unsaturated/α-hetero) is 1. The van der Waals surface area contributed by atoms with E-state index < -0.39 is 16.1 Å². The van der Waals surface area contributed by atoms with Crippen molar-refractivity contribution in [2.45, 2.75) is 17.9 Å². The minimum absolute atomic E-state index is 0.0171. The number of nitrogens with zero attached hydrogens (tertiary/aromatic N) is 1. The summed E-state index contributed by atoms with van der Waals surface area (Å²) in [6, 6.07) is 15.7. The number of carbonyl (C=O) groups is 1. The fourth-order valence-electron chi connectivity index (χ4n) is 4.39. The first-order valence-electron chi connectivity index (χ1n) is 10.1. The first-order chi connectivity index (χ1) is 14.4. The van der Waals surface area contributed by atoms with Gasteiger partial charge in [0, 0.05) is 29.9 Å². The summed E-state index contributed by atoms with van der Waals surface area (Å²) in [4.78, 5) is 13.6. The van der Waals surface area contributed by atoms with Crippen molar-refractivity contribution in [1.82, 2.24) is 4.31 Å². The molecule has 1 aliphatic carbocycles. The maximum atomic E-state index is 13.4. The van der Waals surface area contributed by atoms with Crippen molar-refractivity contribution in [3.63, 3.8) is 0 Å². The van der Waals surface area contributed by atoms with Crippen LogP contribution in [0, 0.1) is 24.7 Å². The van der Waals surface area contributed by atoms with Gasteiger partial charge in [0.1, 0.15) is 0 Å². The Bertz CT molecular complexity index is 1100. The molecule has 1 heterocycles. The summed E-state index contributed by atoms with van der Waals surface area (Å²) in [5, 5.41) is 0. The SMILES string of the molecule is C=C[C@H]1C=C[C@@H]([C@H]2C=CCN2S(=O)(=O)c2ccc(C)cc2)[C@@H]1C(=O)c1ccccc1. The molecular weight excluding hydrogens is 394 g/mol. The molecule has 4 atom stereocenters. The first kappa shape index (κ1) is 20.5. The van der Waals surface area contributed by atoms with E-state index in [-0.39, 0.29) is 28.4 Å². The molecule has 4 rings (SSSR count).